The van der Waals surface area contributed by atoms with Crippen molar-refractivity contribution in [1.82, 2.24) is 4.98 Å². The molecule has 0 bridgehead atoms. The Morgan fingerprint density at radius 3 is 2.59 bits per heavy atom. The molecule has 0 aliphatic carbocycles. The van der Waals surface area contributed by atoms with Crippen molar-refractivity contribution in [2.24, 2.45) is 0 Å². The zero-order chi connectivity index (χ0) is 12.1. The Labute approximate surface area is 99.8 Å². The van der Waals surface area contributed by atoms with Gasteiger partial charge in [0, 0.05) is 23.6 Å². The van der Waals surface area contributed by atoms with Gasteiger partial charge in [0.2, 0.25) is 0 Å². The van der Waals surface area contributed by atoms with Crippen molar-refractivity contribution in [3.63, 3.8) is 0 Å². The molecule has 1 aromatic heterocycles. The lowest BCUT2D eigenvalue weighted by Crippen LogP contribution is -2.11. The summed E-state index contributed by atoms with van der Waals surface area (Å²) in [5.74, 6) is 1.12. The summed E-state index contributed by atoms with van der Waals surface area (Å²) < 4.78 is 5.07. The zero-order valence-electron chi connectivity index (χ0n) is 9.47. The van der Waals surface area contributed by atoms with Gasteiger partial charge in [-0.2, -0.15) is 0 Å². The predicted molar refractivity (Wildman–Crippen MR) is 67.7 cm³/mol. The molecule has 0 amide bonds. The van der Waals surface area contributed by atoms with Crippen LogP contribution in [0.2, 0.25) is 0 Å². The largest absolute Gasteiger partial charge is 0.497 e. The molecule has 0 atom stereocenters. The van der Waals surface area contributed by atoms with Gasteiger partial charge in [0.1, 0.15) is 11.6 Å². The molecule has 4 heteroatoms. The summed E-state index contributed by atoms with van der Waals surface area (Å²) in [6.45, 7) is 0. The molecule has 0 unspecified atom stereocenters. The SMILES string of the molecule is COc1ccc(NC(=N)c2cccnc2)cc1. The zero-order valence-corrected chi connectivity index (χ0v) is 9.47. The van der Waals surface area contributed by atoms with E-state index in [4.69, 9.17) is 10.1 Å². The predicted octanol–water partition coefficient (Wildman–Crippen LogP) is 2.53. The monoisotopic (exact) mass is 227 g/mol. The molecule has 0 radical (unpaired) electrons. The van der Waals surface area contributed by atoms with E-state index < -0.39 is 0 Å². The molecule has 2 rings (SSSR count). The average molecular weight is 227 g/mol. The van der Waals surface area contributed by atoms with Gasteiger partial charge in [0.15, 0.2) is 0 Å². The number of hydrogen-bond donors (Lipinski definition) is 2. The number of nitrogens with zero attached hydrogens (tertiary/aromatic N) is 1. The fourth-order valence-corrected chi connectivity index (χ4v) is 1.40. The van der Waals surface area contributed by atoms with E-state index in [0.717, 1.165) is 17.0 Å². The summed E-state index contributed by atoms with van der Waals surface area (Å²) >= 11 is 0. The highest BCUT2D eigenvalue weighted by Crippen LogP contribution is 2.15. The standard InChI is InChI=1S/C13H13N3O/c1-17-12-6-4-11(5-7-12)16-13(14)10-3-2-8-15-9-10/h2-9H,1H3,(H2,14,16). The van der Waals surface area contributed by atoms with E-state index in [2.05, 4.69) is 10.3 Å². The van der Waals surface area contributed by atoms with E-state index in [1.54, 1.807) is 25.6 Å². The first-order chi connectivity index (χ1) is 8.29. The molecular formula is C13H13N3O. The molecule has 0 spiro atoms. The molecule has 1 heterocycles. The van der Waals surface area contributed by atoms with Crippen LogP contribution in [0, 0.1) is 5.41 Å². The van der Waals surface area contributed by atoms with Gasteiger partial charge in [0.05, 0.1) is 7.11 Å². The molecule has 0 fully saturated rings. The fourth-order valence-electron chi connectivity index (χ4n) is 1.40. The van der Waals surface area contributed by atoms with Gasteiger partial charge in [-0.1, -0.05) is 0 Å². The number of benzene rings is 1. The number of amidine groups is 1. The molecule has 2 N–H and O–H groups in total. The lowest BCUT2D eigenvalue weighted by Gasteiger charge is -2.08. The summed E-state index contributed by atoms with van der Waals surface area (Å²) in [5, 5.41) is 10.9. The number of anilines is 1. The maximum Gasteiger partial charge on any atom is 0.131 e. The molecule has 17 heavy (non-hydrogen) atoms. The van der Waals surface area contributed by atoms with Crippen molar-refractivity contribution < 1.29 is 4.74 Å². The lowest BCUT2D eigenvalue weighted by molar-refractivity contribution is 0.415. The third-order valence-electron chi connectivity index (χ3n) is 2.31. The van der Waals surface area contributed by atoms with Gasteiger partial charge in [-0.05, 0) is 36.4 Å². The smallest absolute Gasteiger partial charge is 0.131 e. The summed E-state index contributed by atoms with van der Waals surface area (Å²) in [7, 11) is 1.63. The molecule has 0 aliphatic heterocycles. The highest BCUT2D eigenvalue weighted by Gasteiger charge is 2.01. The van der Waals surface area contributed by atoms with Crippen LogP contribution in [0.3, 0.4) is 0 Å². The summed E-state index contributed by atoms with van der Waals surface area (Å²) in [6.07, 6.45) is 3.34. The van der Waals surface area contributed by atoms with Crippen molar-refractivity contribution in [2.45, 2.75) is 0 Å². The van der Waals surface area contributed by atoms with Gasteiger partial charge >= 0.3 is 0 Å². The number of pyridine rings is 1. The van der Waals surface area contributed by atoms with E-state index in [1.165, 1.54) is 0 Å². The number of methoxy groups -OCH3 is 1. The quantitative estimate of drug-likeness (QED) is 0.625. The first kappa shape index (κ1) is 11.1. The van der Waals surface area contributed by atoms with Crippen LogP contribution in [0.1, 0.15) is 5.56 Å². The normalized spacial score (nSPS) is 9.71. The molecular weight excluding hydrogens is 214 g/mol. The lowest BCUT2D eigenvalue weighted by atomic mass is 10.2. The Kier molecular flexibility index (Phi) is 3.35. The number of nitrogens with one attached hydrogen (secondary N) is 2. The molecule has 0 saturated heterocycles. The van der Waals surface area contributed by atoms with Crippen LogP contribution >= 0.6 is 0 Å². The van der Waals surface area contributed by atoms with Gasteiger partial charge < -0.3 is 10.1 Å². The maximum absolute atomic E-state index is 7.88. The Bertz CT molecular complexity index is 494. The van der Waals surface area contributed by atoms with Crippen molar-refractivity contribution >= 4 is 11.5 Å². The van der Waals surface area contributed by atoms with Crippen LogP contribution in [0.15, 0.2) is 48.8 Å². The molecule has 4 nitrogen and oxygen atoms in total. The van der Waals surface area contributed by atoms with Crippen LogP contribution < -0.4 is 10.1 Å². The minimum Gasteiger partial charge on any atom is -0.497 e. The summed E-state index contributed by atoms with van der Waals surface area (Å²) in [4.78, 5) is 3.97. The van der Waals surface area contributed by atoms with E-state index in [9.17, 15) is 0 Å². The van der Waals surface area contributed by atoms with Gasteiger partial charge in [-0.3, -0.25) is 10.4 Å². The highest BCUT2D eigenvalue weighted by molar-refractivity contribution is 6.05. The van der Waals surface area contributed by atoms with Crippen molar-refractivity contribution in [3.8, 4) is 5.75 Å². The van der Waals surface area contributed by atoms with E-state index in [0.29, 0.717) is 5.84 Å². The van der Waals surface area contributed by atoms with E-state index >= 15 is 0 Å². The Morgan fingerprint density at radius 1 is 1.24 bits per heavy atom. The van der Waals surface area contributed by atoms with Crippen LogP contribution in [0.25, 0.3) is 0 Å². The Balaban J connectivity index is 2.08. The van der Waals surface area contributed by atoms with Crippen LogP contribution in [-0.4, -0.2) is 17.9 Å². The Hall–Kier alpha value is -2.36. The van der Waals surface area contributed by atoms with Gasteiger partial charge in [-0.25, -0.2) is 0 Å². The van der Waals surface area contributed by atoms with Gasteiger partial charge in [0.25, 0.3) is 0 Å². The first-order valence-corrected chi connectivity index (χ1v) is 5.19. The topological polar surface area (TPSA) is 58.0 Å². The molecule has 2 aromatic rings. The minimum absolute atomic E-state index is 0.322. The minimum atomic E-state index is 0.322. The van der Waals surface area contributed by atoms with E-state index in [-0.39, 0.29) is 0 Å². The number of hydrogen-bond acceptors (Lipinski definition) is 3. The summed E-state index contributed by atoms with van der Waals surface area (Å²) in [5.41, 5.74) is 1.60. The van der Waals surface area contributed by atoms with Crippen molar-refractivity contribution in [1.29, 1.82) is 5.41 Å². The number of rotatable bonds is 3. The van der Waals surface area contributed by atoms with Gasteiger partial charge in [-0.15, -0.1) is 0 Å². The van der Waals surface area contributed by atoms with Crippen LogP contribution in [0.4, 0.5) is 5.69 Å². The maximum atomic E-state index is 7.88. The molecule has 0 aliphatic rings. The highest BCUT2D eigenvalue weighted by atomic mass is 16.5. The third kappa shape index (κ3) is 2.81. The number of aromatic nitrogens is 1. The summed E-state index contributed by atoms with van der Waals surface area (Å²) in [6, 6.07) is 11.1. The molecule has 0 saturated carbocycles. The van der Waals surface area contributed by atoms with Crippen molar-refractivity contribution in [3.05, 3.63) is 54.4 Å². The number of ether oxygens (including phenoxy) is 1. The second kappa shape index (κ2) is 5.12. The first-order valence-electron chi connectivity index (χ1n) is 5.19. The molecule has 1 aromatic carbocycles. The van der Waals surface area contributed by atoms with E-state index in [1.807, 2.05) is 30.3 Å². The van der Waals surface area contributed by atoms with Crippen LogP contribution in [0.5, 0.6) is 5.75 Å². The second-order valence-corrected chi connectivity index (χ2v) is 3.47. The molecule has 86 valence electrons. The fraction of sp³-hybridized carbons (Fsp3) is 0.0769. The van der Waals surface area contributed by atoms with Crippen molar-refractivity contribution in [2.75, 3.05) is 12.4 Å². The van der Waals surface area contributed by atoms with Crippen LogP contribution in [-0.2, 0) is 0 Å². The average Bonchev–Trinajstić information content (AvgIpc) is 2.40. The second-order valence-electron chi connectivity index (χ2n) is 3.47. The Morgan fingerprint density at radius 2 is 2.00 bits per heavy atom. The third-order valence-corrected chi connectivity index (χ3v) is 2.31.